The number of fused-ring (bicyclic) bond motifs is 1. The first-order chi connectivity index (χ1) is 13.0. The summed E-state index contributed by atoms with van der Waals surface area (Å²) in [7, 11) is 1.66. The monoisotopic (exact) mass is 372 g/mol. The highest BCUT2D eigenvalue weighted by atomic mass is 16.5. The zero-order valence-electron chi connectivity index (χ0n) is 16.8. The lowest BCUT2D eigenvalue weighted by Gasteiger charge is -2.53. The van der Waals surface area contributed by atoms with Crippen LogP contribution in [0.25, 0.3) is 0 Å². The number of benzene rings is 1. The Morgan fingerprint density at radius 1 is 1.26 bits per heavy atom. The van der Waals surface area contributed by atoms with Crippen LogP contribution >= 0.6 is 0 Å². The summed E-state index contributed by atoms with van der Waals surface area (Å²) in [6.07, 6.45) is 5.00. The molecule has 0 radical (unpaired) electrons. The van der Waals surface area contributed by atoms with Gasteiger partial charge in [0.1, 0.15) is 0 Å². The average Bonchev–Trinajstić information content (AvgIpc) is 2.67. The molecule has 0 aromatic heterocycles. The van der Waals surface area contributed by atoms with Crippen molar-refractivity contribution < 1.29 is 14.3 Å². The van der Waals surface area contributed by atoms with Crippen LogP contribution in [0, 0.1) is 5.92 Å². The van der Waals surface area contributed by atoms with Crippen LogP contribution in [-0.2, 0) is 9.53 Å². The Labute approximate surface area is 162 Å². The Morgan fingerprint density at radius 2 is 1.96 bits per heavy atom. The van der Waals surface area contributed by atoms with E-state index in [1.807, 2.05) is 29.2 Å². The average molecular weight is 373 g/mol. The number of carbonyl (C=O) groups excluding carboxylic acids is 2. The highest BCUT2D eigenvalue weighted by Gasteiger charge is 2.54. The van der Waals surface area contributed by atoms with Crippen LogP contribution < -0.4 is 5.32 Å². The van der Waals surface area contributed by atoms with Crippen molar-refractivity contribution >= 4 is 11.8 Å². The summed E-state index contributed by atoms with van der Waals surface area (Å²) in [6, 6.07) is 7.65. The van der Waals surface area contributed by atoms with Crippen molar-refractivity contribution in [3.05, 3.63) is 35.4 Å². The fraction of sp³-hybridized carbons (Fsp3) is 0.636. The van der Waals surface area contributed by atoms with Crippen LogP contribution in [0.15, 0.2) is 24.3 Å². The lowest BCUT2D eigenvalue weighted by molar-refractivity contribution is -0.127. The lowest BCUT2D eigenvalue weighted by Crippen LogP contribution is -2.63. The van der Waals surface area contributed by atoms with E-state index in [1.165, 1.54) is 0 Å². The number of hydrogen-bond donors (Lipinski definition) is 1. The molecule has 0 bridgehead atoms. The zero-order chi connectivity index (χ0) is 19.4. The highest BCUT2D eigenvalue weighted by molar-refractivity contribution is 6.02. The number of ether oxygens (including phenoxy) is 1. The normalized spacial score (nSPS) is 21.4. The summed E-state index contributed by atoms with van der Waals surface area (Å²) >= 11 is 0. The van der Waals surface area contributed by atoms with E-state index in [4.69, 9.17) is 4.74 Å². The molecule has 1 aromatic rings. The van der Waals surface area contributed by atoms with Gasteiger partial charge in [-0.15, -0.1) is 0 Å². The molecule has 1 aliphatic carbocycles. The molecule has 5 nitrogen and oxygen atoms in total. The van der Waals surface area contributed by atoms with Crippen molar-refractivity contribution in [1.82, 2.24) is 10.2 Å². The third kappa shape index (κ3) is 3.75. The smallest absolute Gasteiger partial charge is 0.254 e. The predicted octanol–water partition coefficient (Wildman–Crippen LogP) is 3.35. The fourth-order valence-corrected chi connectivity index (χ4v) is 4.76. The molecule has 27 heavy (non-hydrogen) atoms. The van der Waals surface area contributed by atoms with Gasteiger partial charge in [0.15, 0.2) is 0 Å². The molecule has 3 rings (SSSR count). The van der Waals surface area contributed by atoms with Crippen LogP contribution in [0.1, 0.15) is 67.8 Å². The molecule has 2 amide bonds. The van der Waals surface area contributed by atoms with Crippen molar-refractivity contribution in [2.75, 3.05) is 26.8 Å². The largest absolute Gasteiger partial charge is 0.383 e. The first kappa shape index (κ1) is 19.9. The fourth-order valence-electron chi connectivity index (χ4n) is 4.76. The second kappa shape index (κ2) is 8.42. The minimum Gasteiger partial charge on any atom is -0.383 e. The SMILES string of the molecule is COCCN1C(=O)c2ccccc2C(C(=O)NCC(C)C)C12CCCCC2. The van der Waals surface area contributed by atoms with Gasteiger partial charge in [-0.05, 0) is 30.4 Å². The maximum atomic E-state index is 13.4. The van der Waals surface area contributed by atoms with E-state index in [9.17, 15) is 9.59 Å². The number of rotatable bonds is 6. The van der Waals surface area contributed by atoms with Gasteiger partial charge < -0.3 is 15.0 Å². The molecule has 1 aromatic carbocycles. The van der Waals surface area contributed by atoms with E-state index in [0.29, 0.717) is 31.2 Å². The maximum Gasteiger partial charge on any atom is 0.254 e. The van der Waals surface area contributed by atoms with Crippen LogP contribution in [0.3, 0.4) is 0 Å². The molecular formula is C22H32N2O3. The third-order valence-electron chi connectivity index (χ3n) is 6.01. The standard InChI is InChI=1S/C22H32N2O3/c1-16(2)15-23-20(25)19-17-9-5-6-10-18(17)21(26)24(13-14-27-3)22(19)11-7-4-8-12-22/h5-6,9-10,16,19H,4,7-8,11-15H2,1-3H3,(H,23,25). The quantitative estimate of drug-likeness (QED) is 0.833. The molecule has 1 atom stereocenters. The molecule has 1 N–H and O–H groups in total. The highest BCUT2D eigenvalue weighted by Crippen LogP contribution is 2.49. The summed E-state index contributed by atoms with van der Waals surface area (Å²) < 4.78 is 5.30. The molecule has 0 saturated heterocycles. The minimum absolute atomic E-state index is 0.0393. The van der Waals surface area contributed by atoms with Crippen molar-refractivity contribution in [2.24, 2.45) is 5.92 Å². The van der Waals surface area contributed by atoms with Gasteiger partial charge in [-0.25, -0.2) is 0 Å². The molecule has 1 heterocycles. The molecule has 1 saturated carbocycles. The molecule has 1 aliphatic heterocycles. The second-order valence-electron chi connectivity index (χ2n) is 8.27. The molecule has 148 valence electrons. The van der Waals surface area contributed by atoms with E-state index < -0.39 is 5.54 Å². The van der Waals surface area contributed by atoms with Gasteiger partial charge in [0.05, 0.1) is 18.1 Å². The lowest BCUT2D eigenvalue weighted by atomic mass is 9.65. The van der Waals surface area contributed by atoms with Gasteiger partial charge in [-0.2, -0.15) is 0 Å². The number of hydrogen-bond acceptors (Lipinski definition) is 3. The predicted molar refractivity (Wildman–Crippen MR) is 106 cm³/mol. The number of nitrogens with one attached hydrogen (secondary N) is 1. The molecule has 1 spiro atoms. The minimum atomic E-state index is -0.441. The Kier molecular flexibility index (Phi) is 6.20. The topological polar surface area (TPSA) is 58.6 Å². The Bertz CT molecular complexity index is 680. The summed E-state index contributed by atoms with van der Waals surface area (Å²) in [4.78, 5) is 28.7. The third-order valence-corrected chi connectivity index (χ3v) is 6.01. The number of nitrogens with zero attached hydrogens (tertiary/aromatic N) is 1. The molecule has 2 aliphatic rings. The van der Waals surface area contributed by atoms with Crippen LogP contribution in [0.2, 0.25) is 0 Å². The van der Waals surface area contributed by atoms with Gasteiger partial charge in [0.2, 0.25) is 5.91 Å². The summed E-state index contributed by atoms with van der Waals surface area (Å²) in [5, 5.41) is 3.15. The zero-order valence-corrected chi connectivity index (χ0v) is 16.8. The van der Waals surface area contributed by atoms with E-state index >= 15 is 0 Å². The molecule has 5 heteroatoms. The van der Waals surface area contributed by atoms with E-state index in [2.05, 4.69) is 19.2 Å². The Morgan fingerprint density at radius 3 is 2.63 bits per heavy atom. The summed E-state index contributed by atoms with van der Waals surface area (Å²) in [5.41, 5.74) is 1.11. The first-order valence-electron chi connectivity index (χ1n) is 10.2. The summed E-state index contributed by atoms with van der Waals surface area (Å²) in [5.74, 6) is 0.161. The number of carbonyl (C=O) groups is 2. The summed E-state index contributed by atoms with van der Waals surface area (Å²) in [6.45, 7) is 5.85. The van der Waals surface area contributed by atoms with Crippen LogP contribution in [0.5, 0.6) is 0 Å². The van der Waals surface area contributed by atoms with E-state index in [-0.39, 0.29) is 17.7 Å². The van der Waals surface area contributed by atoms with Crippen molar-refractivity contribution in [1.29, 1.82) is 0 Å². The van der Waals surface area contributed by atoms with Crippen LogP contribution in [0.4, 0.5) is 0 Å². The van der Waals surface area contributed by atoms with E-state index in [0.717, 1.165) is 37.7 Å². The Balaban J connectivity index is 2.07. The molecule has 1 unspecified atom stereocenters. The van der Waals surface area contributed by atoms with Gasteiger partial charge in [0.25, 0.3) is 5.91 Å². The number of amides is 2. The Hall–Kier alpha value is -1.88. The van der Waals surface area contributed by atoms with E-state index in [1.54, 1.807) is 7.11 Å². The first-order valence-corrected chi connectivity index (χ1v) is 10.2. The van der Waals surface area contributed by atoms with Crippen molar-refractivity contribution in [2.45, 2.75) is 57.4 Å². The van der Waals surface area contributed by atoms with Gasteiger partial charge >= 0.3 is 0 Å². The molecule has 1 fully saturated rings. The van der Waals surface area contributed by atoms with Crippen molar-refractivity contribution in [3.63, 3.8) is 0 Å². The van der Waals surface area contributed by atoms with Crippen LogP contribution in [-0.4, -0.2) is 49.1 Å². The van der Waals surface area contributed by atoms with Gasteiger partial charge in [0, 0.05) is 25.8 Å². The maximum absolute atomic E-state index is 13.4. The van der Waals surface area contributed by atoms with Gasteiger partial charge in [-0.1, -0.05) is 51.3 Å². The second-order valence-corrected chi connectivity index (χ2v) is 8.27. The molecular weight excluding hydrogens is 340 g/mol. The number of methoxy groups -OCH3 is 1. The van der Waals surface area contributed by atoms with Gasteiger partial charge in [-0.3, -0.25) is 9.59 Å². The van der Waals surface area contributed by atoms with Crippen molar-refractivity contribution in [3.8, 4) is 0 Å².